The fourth-order valence-electron chi connectivity index (χ4n) is 2.78. The highest BCUT2D eigenvalue weighted by atomic mass is 16.5. The topological polar surface area (TPSA) is 77.7 Å². The second-order valence-corrected chi connectivity index (χ2v) is 6.48. The molecule has 0 bridgehead atoms. The standard InChI is InChI=1S/C21H27N3O3/c1-24(2)20(19-6-4-5-7-21(19)26-3)14-23-13-17(25)15-27-18-10-8-16(12-22)9-11-18/h4-11,17,20,23,25H,13-15H2,1-3H3/t17-,20+/m1/s1. The van der Waals surface area contributed by atoms with E-state index in [9.17, 15) is 5.11 Å². The molecule has 0 radical (unpaired) electrons. The highest BCUT2D eigenvalue weighted by Gasteiger charge is 2.18. The average molecular weight is 369 g/mol. The van der Waals surface area contributed by atoms with Gasteiger partial charge in [-0.05, 0) is 44.4 Å². The summed E-state index contributed by atoms with van der Waals surface area (Å²) in [6.07, 6.45) is -0.638. The minimum absolute atomic E-state index is 0.118. The largest absolute Gasteiger partial charge is 0.496 e. The van der Waals surface area contributed by atoms with Crippen molar-refractivity contribution in [2.24, 2.45) is 0 Å². The van der Waals surface area contributed by atoms with Crippen molar-refractivity contribution in [1.29, 1.82) is 5.26 Å². The van der Waals surface area contributed by atoms with E-state index in [1.807, 2.05) is 32.3 Å². The molecule has 0 aromatic heterocycles. The van der Waals surface area contributed by atoms with Crippen LogP contribution in [0.4, 0.5) is 0 Å². The molecule has 2 aromatic rings. The molecule has 0 unspecified atom stereocenters. The summed E-state index contributed by atoms with van der Waals surface area (Å²) in [6, 6.07) is 17.0. The number of benzene rings is 2. The van der Waals surface area contributed by atoms with Gasteiger partial charge in [0.15, 0.2) is 0 Å². The number of nitriles is 1. The van der Waals surface area contributed by atoms with Gasteiger partial charge in [0.1, 0.15) is 24.2 Å². The minimum atomic E-state index is -0.638. The average Bonchev–Trinajstić information content (AvgIpc) is 2.69. The van der Waals surface area contributed by atoms with Crippen molar-refractivity contribution in [3.63, 3.8) is 0 Å². The van der Waals surface area contributed by atoms with Crippen LogP contribution in [0.5, 0.6) is 11.5 Å². The first-order chi connectivity index (χ1) is 13.0. The molecular formula is C21H27N3O3. The number of rotatable bonds is 10. The lowest BCUT2D eigenvalue weighted by Gasteiger charge is -2.27. The van der Waals surface area contributed by atoms with E-state index in [4.69, 9.17) is 14.7 Å². The van der Waals surface area contributed by atoms with Crippen LogP contribution in [0.1, 0.15) is 17.2 Å². The Labute approximate surface area is 160 Å². The normalized spacial score (nSPS) is 13.0. The quantitative estimate of drug-likeness (QED) is 0.669. The van der Waals surface area contributed by atoms with Crippen LogP contribution in [-0.4, -0.2) is 57.0 Å². The summed E-state index contributed by atoms with van der Waals surface area (Å²) in [5, 5.41) is 22.2. The first-order valence-electron chi connectivity index (χ1n) is 8.86. The van der Waals surface area contributed by atoms with Gasteiger partial charge in [0.05, 0.1) is 24.8 Å². The number of nitrogens with zero attached hydrogens (tertiary/aromatic N) is 2. The monoisotopic (exact) mass is 369 g/mol. The summed E-state index contributed by atoms with van der Waals surface area (Å²) in [5.74, 6) is 1.48. The Morgan fingerprint density at radius 1 is 1.11 bits per heavy atom. The third kappa shape index (κ3) is 6.26. The number of nitrogens with one attached hydrogen (secondary N) is 1. The summed E-state index contributed by atoms with van der Waals surface area (Å²) in [7, 11) is 5.70. The Morgan fingerprint density at radius 2 is 1.81 bits per heavy atom. The van der Waals surface area contributed by atoms with Crippen molar-refractivity contribution in [2.45, 2.75) is 12.1 Å². The Morgan fingerprint density at radius 3 is 2.44 bits per heavy atom. The van der Waals surface area contributed by atoms with E-state index >= 15 is 0 Å². The molecule has 0 amide bonds. The predicted octanol–water partition coefficient (Wildman–Crippen LogP) is 2.20. The first kappa shape index (κ1) is 20.7. The predicted molar refractivity (Wildman–Crippen MR) is 105 cm³/mol. The number of ether oxygens (including phenoxy) is 2. The number of likely N-dealkylation sites (N-methyl/N-ethyl adjacent to an activating group) is 1. The van der Waals surface area contributed by atoms with E-state index in [1.54, 1.807) is 31.4 Å². The molecule has 2 N–H and O–H groups in total. The van der Waals surface area contributed by atoms with Gasteiger partial charge in [0.2, 0.25) is 0 Å². The number of methoxy groups -OCH3 is 1. The maximum Gasteiger partial charge on any atom is 0.123 e. The van der Waals surface area contributed by atoms with E-state index < -0.39 is 6.10 Å². The minimum Gasteiger partial charge on any atom is -0.496 e. The maximum absolute atomic E-state index is 10.2. The van der Waals surface area contributed by atoms with Gasteiger partial charge in [-0.1, -0.05) is 18.2 Å². The van der Waals surface area contributed by atoms with Gasteiger partial charge in [-0.2, -0.15) is 5.26 Å². The molecule has 6 nitrogen and oxygen atoms in total. The molecule has 0 aliphatic heterocycles. The highest BCUT2D eigenvalue weighted by Crippen LogP contribution is 2.27. The van der Waals surface area contributed by atoms with Crippen LogP contribution in [0.3, 0.4) is 0 Å². The van der Waals surface area contributed by atoms with E-state index in [0.29, 0.717) is 24.4 Å². The maximum atomic E-state index is 10.2. The first-order valence-corrected chi connectivity index (χ1v) is 8.86. The molecule has 0 aliphatic carbocycles. The second-order valence-electron chi connectivity index (χ2n) is 6.48. The van der Waals surface area contributed by atoms with E-state index in [-0.39, 0.29) is 12.6 Å². The molecule has 0 heterocycles. The second kappa shape index (κ2) is 10.5. The molecule has 0 aliphatic rings. The van der Waals surface area contributed by atoms with E-state index in [1.165, 1.54) is 0 Å². The Bertz CT molecular complexity index is 741. The smallest absolute Gasteiger partial charge is 0.123 e. The number of para-hydroxylation sites is 1. The van der Waals surface area contributed by atoms with Crippen LogP contribution < -0.4 is 14.8 Å². The lowest BCUT2D eigenvalue weighted by molar-refractivity contribution is 0.104. The molecule has 0 saturated carbocycles. The van der Waals surface area contributed by atoms with Crippen LogP contribution >= 0.6 is 0 Å². The third-order valence-electron chi connectivity index (χ3n) is 4.26. The number of hydrogen-bond acceptors (Lipinski definition) is 6. The molecule has 2 atom stereocenters. The summed E-state index contributed by atoms with van der Waals surface area (Å²) in [6.45, 7) is 1.26. The molecular weight excluding hydrogens is 342 g/mol. The van der Waals surface area contributed by atoms with Gasteiger partial charge < -0.3 is 24.8 Å². The van der Waals surface area contributed by atoms with Crippen LogP contribution in [0.15, 0.2) is 48.5 Å². The summed E-state index contributed by atoms with van der Waals surface area (Å²) >= 11 is 0. The Hall–Kier alpha value is -2.59. The molecule has 6 heteroatoms. The van der Waals surface area contributed by atoms with Crippen molar-refractivity contribution < 1.29 is 14.6 Å². The number of aliphatic hydroxyl groups excluding tert-OH is 1. The van der Waals surface area contributed by atoms with E-state index in [2.05, 4.69) is 22.4 Å². The third-order valence-corrected chi connectivity index (χ3v) is 4.26. The Kier molecular flexibility index (Phi) is 8.08. The zero-order valence-electron chi connectivity index (χ0n) is 16.1. The highest BCUT2D eigenvalue weighted by molar-refractivity contribution is 5.36. The molecule has 0 fully saturated rings. The zero-order valence-corrected chi connectivity index (χ0v) is 16.1. The summed E-state index contributed by atoms with van der Waals surface area (Å²) in [5.41, 5.74) is 1.68. The molecule has 2 rings (SSSR count). The van der Waals surface area contributed by atoms with Crippen LogP contribution in [0, 0.1) is 11.3 Å². The van der Waals surface area contributed by atoms with Crippen molar-refractivity contribution in [3.8, 4) is 17.6 Å². The van der Waals surface area contributed by atoms with Gasteiger partial charge >= 0.3 is 0 Å². The van der Waals surface area contributed by atoms with Gasteiger partial charge in [-0.25, -0.2) is 0 Å². The molecule has 144 valence electrons. The SMILES string of the molecule is COc1ccccc1[C@H](CNC[C@@H](O)COc1ccc(C#N)cc1)N(C)C. The fourth-order valence-corrected chi connectivity index (χ4v) is 2.78. The zero-order chi connectivity index (χ0) is 19.6. The lowest BCUT2D eigenvalue weighted by atomic mass is 10.0. The molecule has 2 aromatic carbocycles. The number of hydrogen-bond donors (Lipinski definition) is 2. The van der Waals surface area contributed by atoms with Gasteiger partial charge in [-0.15, -0.1) is 0 Å². The lowest BCUT2D eigenvalue weighted by Crippen LogP contribution is -2.37. The molecule has 0 saturated heterocycles. The fraction of sp³-hybridized carbons (Fsp3) is 0.381. The summed E-state index contributed by atoms with van der Waals surface area (Å²) < 4.78 is 11.0. The Balaban J connectivity index is 1.82. The summed E-state index contributed by atoms with van der Waals surface area (Å²) in [4.78, 5) is 2.12. The molecule has 0 spiro atoms. The van der Waals surface area contributed by atoms with E-state index in [0.717, 1.165) is 11.3 Å². The van der Waals surface area contributed by atoms with Crippen LogP contribution in [-0.2, 0) is 0 Å². The molecule has 27 heavy (non-hydrogen) atoms. The van der Waals surface area contributed by atoms with Crippen molar-refractivity contribution >= 4 is 0 Å². The van der Waals surface area contributed by atoms with Gasteiger partial charge in [0, 0.05) is 18.7 Å². The van der Waals surface area contributed by atoms with Gasteiger partial charge in [-0.3, -0.25) is 0 Å². The van der Waals surface area contributed by atoms with Crippen LogP contribution in [0.2, 0.25) is 0 Å². The van der Waals surface area contributed by atoms with Crippen LogP contribution in [0.25, 0.3) is 0 Å². The van der Waals surface area contributed by atoms with Crippen molar-refractivity contribution in [3.05, 3.63) is 59.7 Å². The van der Waals surface area contributed by atoms with Crippen molar-refractivity contribution in [2.75, 3.05) is 40.9 Å². The van der Waals surface area contributed by atoms with Gasteiger partial charge in [0.25, 0.3) is 0 Å². The number of aliphatic hydroxyl groups is 1. The van der Waals surface area contributed by atoms with Crippen molar-refractivity contribution in [1.82, 2.24) is 10.2 Å².